The van der Waals surface area contributed by atoms with Crippen LogP contribution in [0.2, 0.25) is 0 Å². The van der Waals surface area contributed by atoms with Crippen molar-refractivity contribution in [2.24, 2.45) is 0 Å². The molecule has 0 aromatic rings. The summed E-state index contributed by atoms with van der Waals surface area (Å²) in [6, 6.07) is 0. The van der Waals surface area contributed by atoms with Gasteiger partial charge >= 0.3 is 5.97 Å². The molecule has 4 heteroatoms. The summed E-state index contributed by atoms with van der Waals surface area (Å²) in [6.45, 7) is 1.98. The first-order valence-corrected chi connectivity index (χ1v) is 4.49. The smallest absolute Gasteiger partial charge is 0.331 e. The molecule has 3 nitrogen and oxygen atoms in total. The van der Waals surface area contributed by atoms with Crippen LogP contribution in [-0.4, -0.2) is 22.1 Å². The van der Waals surface area contributed by atoms with Gasteiger partial charge in [0, 0.05) is 0 Å². The van der Waals surface area contributed by atoms with Crippen LogP contribution in [0.15, 0.2) is 11.8 Å². The van der Waals surface area contributed by atoms with Crippen LogP contribution >= 0.6 is 22.6 Å². The van der Waals surface area contributed by atoms with E-state index in [1.165, 1.54) is 7.11 Å². The molecule has 1 atom stereocenters. The lowest BCUT2D eigenvalue weighted by Crippen LogP contribution is -2.05. The van der Waals surface area contributed by atoms with Crippen LogP contribution in [0, 0.1) is 0 Å². The van der Waals surface area contributed by atoms with E-state index in [2.05, 4.69) is 22.6 Å². The summed E-state index contributed by atoms with van der Waals surface area (Å²) in [4.78, 5) is 10.2. The van der Waals surface area contributed by atoms with Gasteiger partial charge in [0.2, 0.25) is 0 Å². The predicted octanol–water partition coefficient (Wildman–Crippen LogP) is 1.81. The van der Waals surface area contributed by atoms with Gasteiger partial charge in [-0.25, -0.2) is 4.79 Å². The van der Waals surface area contributed by atoms with Gasteiger partial charge in [-0.2, -0.15) is 0 Å². The van der Waals surface area contributed by atoms with Gasteiger partial charge < -0.3 is 9.84 Å². The lowest BCUT2D eigenvalue weighted by molar-refractivity contribution is -0.131. The van der Waals surface area contributed by atoms with Gasteiger partial charge in [-0.05, 0) is 6.42 Å². The minimum Gasteiger partial charge on any atom is -0.500 e. The molecule has 0 aliphatic heterocycles. The van der Waals surface area contributed by atoms with Gasteiger partial charge in [-0.1, -0.05) is 29.5 Å². The highest BCUT2D eigenvalue weighted by Crippen LogP contribution is 2.16. The Morgan fingerprint density at radius 1 is 1.82 bits per heavy atom. The molecule has 0 heterocycles. The van der Waals surface area contributed by atoms with E-state index in [9.17, 15) is 4.79 Å². The summed E-state index contributed by atoms with van der Waals surface area (Å²) < 4.78 is 5.03. The summed E-state index contributed by atoms with van der Waals surface area (Å²) in [5.41, 5.74) is 0. The number of aliphatic carboxylic acids is 1. The zero-order chi connectivity index (χ0) is 8.85. The maximum atomic E-state index is 10.2. The normalized spacial score (nSPS) is 14.3. The fourth-order valence-corrected chi connectivity index (χ4v) is 1.03. The fraction of sp³-hybridized carbons (Fsp3) is 0.571. The van der Waals surface area contributed by atoms with Crippen LogP contribution in [0.4, 0.5) is 0 Å². The number of hydrogen-bond acceptors (Lipinski definition) is 2. The number of carboxylic acids is 1. The molecule has 0 aliphatic rings. The largest absolute Gasteiger partial charge is 0.500 e. The number of halogens is 1. The van der Waals surface area contributed by atoms with Gasteiger partial charge in [0.25, 0.3) is 0 Å². The Balaban J connectivity index is 4.26. The van der Waals surface area contributed by atoms with Crippen molar-refractivity contribution < 1.29 is 14.6 Å². The molecule has 0 radical (unpaired) electrons. The van der Waals surface area contributed by atoms with E-state index in [0.29, 0.717) is 5.76 Å². The molecule has 11 heavy (non-hydrogen) atoms. The Morgan fingerprint density at radius 2 is 2.36 bits per heavy atom. The molecule has 64 valence electrons. The van der Waals surface area contributed by atoms with E-state index in [0.717, 1.165) is 12.5 Å². The van der Waals surface area contributed by atoms with Gasteiger partial charge in [-0.15, -0.1) is 0 Å². The molecule has 1 N–H and O–H groups in total. The highest BCUT2D eigenvalue weighted by Gasteiger charge is 2.09. The molecule has 0 saturated carbocycles. The fourth-order valence-electron chi connectivity index (χ4n) is 0.600. The summed E-state index contributed by atoms with van der Waals surface area (Å²) in [5.74, 6) is -0.447. The first-order chi connectivity index (χ1) is 5.11. The second-order valence-corrected chi connectivity index (χ2v) is 3.47. The zero-order valence-electron chi connectivity index (χ0n) is 6.50. The maximum absolute atomic E-state index is 10.2. The third-order valence-corrected chi connectivity index (χ3v) is 2.66. The second-order valence-electron chi connectivity index (χ2n) is 1.96. The summed E-state index contributed by atoms with van der Waals surface area (Å²) in [6.07, 6.45) is 1.97. The molecular weight excluding hydrogens is 259 g/mol. The average Bonchev–Trinajstić information content (AvgIpc) is 1.98. The number of hydrogen-bond donors (Lipinski definition) is 1. The number of carboxylic acid groups (broad SMARTS) is 1. The quantitative estimate of drug-likeness (QED) is 0.367. The van der Waals surface area contributed by atoms with E-state index in [1.54, 1.807) is 0 Å². The van der Waals surface area contributed by atoms with E-state index >= 15 is 0 Å². The summed E-state index contributed by atoms with van der Waals surface area (Å²) in [7, 11) is 1.48. The van der Waals surface area contributed by atoms with E-state index in [-0.39, 0.29) is 3.92 Å². The number of carbonyl (C=O) groups is 1. The van der Waals surface area contributed by atoms with Crippen LogP contribution in [0.25, 0.3) is 0 Å². The monoisotopic (exact) mass is 270 g/mol. The van der Waals surface area contributed by atoms with Crippen molar-refractivity contribution in [1.29, 1.82) is 0 Å². The molecule has 1 unspecified atom stereocenters. The summed E-state index contributed by atoms with van der Waals surface area (Å²) in [5, 5.41) is 8.40. The van der Waals surface area contributed by atoms with Crippen LogP contribution in [-0.2, 0) is 9.53 Å². The minimum atomic E-state index is -0.961. The first kappa shape index (κ1) is 10.7. The number of rotatable bonds is 4. The van der Waals surface area contributed by atoms with Crippen molar-refractivity contribution >= 4 is 28.6 Å². The summed E-state index contributed by atoms with van der Waals surface area (Å²) >= 11 is 2.14. The molecule has 0 rings (SSSR count). The van der Waals surface area contributed by atoms with E-state index in [1.807, 2.05) is 6.92 Å². The molecule has 0 aliphatic carbocycles. The molecule has 0 bridgehead atoms. The van der Waals surface area contributed by atoms with Crippen molar-refractivity contribution in [3.05, 3.63) is 11.8 Å². The van der Waals surface area contributed by atoms with Crippen LogP contribution in [0.5, 0.6) is 0 Å². The molecule has 0 aromatic heterocycles. The van der Waals surface area contributed by atoms with Crippen molar-refractivity contribution in [3.63, 3.8) is 0 Å². The second kappa shape index (κ2) is 5.40. The molecule has 0 saturated heterocycles. The van der Waals surface area contributed by atoms with E-state index < -0.39 is 5.97 Å². The third-order valence-electron chi connectivity index (χ3n) is 1.17. The van der Waals surface area contributed by atoms with Crippen molar-refractivity contribution in [3.8, 4) is 0 Å². The molecule has 0 fully saturated rings. The minimum absolute atomic E-state index is 0.147. The third kappa shape index (κ3) is 4.23. The zero-order valence-corrected chi connectivity index (χ0v) is 8.66. The molecule has 0 amide bonds. The van der Waals surface area contributed by atoms with Gasteiger partial charge in [0.05, 0.1) is 17.1 Å². The Morgan fingerprint density at radius 3 is 2.64 bits per heavy atom. The number of alkyl halides is 1. The lowest BCUT2D eigenvalue weighted by Gasteiger charge is -2.09. The molecular formula is C7H11IO3. The number of ether oxygens (including phenoxy) is 1. The van der Waals surface area contributed by atoms with E-state index in [4.69, 9.17) is 9.84 Å². The SMILES string of the molecule is CCC(I)C(=CC(=O)O)OC. The van der Waals surface area contributed by atoms with Crippen LogP contribution < -0.4 is 0 Å². The standard InChI is InChI=1S/C7H11IO3/c1-3-5(8)6(11-2)4-7(9)10/h4-5H,3H2,1-2H3,(H,9,10). The Kier molecular flexibility index (Phi) is 5.27. The van der Waals surface area contributed by atoms with Gasteiger partial charge in [0.15, 0.2) is 0 Å². The predicted molar refractivity (Wildman–Crippen MR) is 50.8 cm³/mol. The number of allylic oxidation sites excluding steroid dienone is 1. The maximum Gasteiger partial charge on any atom is 0.331 e. The van der Waals surface area contributed by atoms with Crippen molar-refractivity contribution in [1.82, 2.24) is 0 Å². The van der Waals surface area contributed by atoms with Gasteiger partial charge in [0.1, 0.15) is 5.76 Å². The Bertz CT molecular complexity index is 165. The Labute approximate surface area is 79.6 Å². The van der Waals surface area contributed by atoms with Crippen LogP contribution in [0.1, 0.15) is 13.3 Å². The average molecular weight is 270 g/mol. The van der Waals surface area contributed by atoms with Gasteiger partial charge in [-0.3, -0.25) is 0 Å². The Hall–Kier alpha value is -0.260. The van der Waals surface area contributed by atoms with Crippen molar-refractivity contribution in [2.75, 3.05) is 7.11 Å². The topological polar surface area (TPSA) is 46.5 Å². The lowest BCUT2D eigenvalue weighted by atomic mass is 10.3. The number of methoxy groups -OCH3 is 1. The van der Waals surface area contributed by atoms with Crippen LogP contribution in [0.3, 0.4) is 0 Å². The highest BCUT2D eigenvalue weighted by atomic mass is 127. The molecule has 0 aromatic carbocycles. The molecule has 0 spiro atoms. The van der Waals surface area contributed by atoms with Crippen molar-refractivity contribution in [2.45, 2.75) is 17.3 Å². The first-order valence-electron chi connectivity index (χ1n) is 3.24. The highest BCUT2D eigenvalue weighted by molar-refractivity contribution is 14.1.